The average Bonchev–Trinajstić information content (AvgIpc) is 3.43. The second-order valence-corrected chi connectivity index (χ2v) is 11.9. The number of amides is 1. The lowest BCUT2D eigenvalue weighted by Gasteiger charge is -2.34. The average molecular weight is 588 g/mol. The summed E-state index contributed by atoms with van der Waals surface area (Å²) >= 11 is 6.38. The molecular weight excluding hydrogens is 550 g/mol. The summed E-state index contributed by atoms with van der Waals surface area (Å²) in [4.78, 5) is 17.6. The molecule has 0 aromatic heterocycles. The highest BCUT2D eigenvalue weighted by Gasteiger charge is 2.39. The first-order chi connectivity index (χ1) is 20.4. The number of ether oxygens (including phenoxy) is 2. The number of hydrogen-bond donors (Lipinski definition) is 1. The van der Waals surface area contributed by atoms with E-state index < -0.39 is 6.35 Å². The first-order valence-electron chi connectivity index (χ1n) is 14.8. The second kappa shape index (κ2) is 12.7. The Labute approximate surface area is 252 Å². The van der Waals surface area contributed by atoms with E-state index in [-0.39, 0.29) is 18.5 Å². The normalized spacial score (nSPS) is 22.0. The summed E-state index contributed by atoms with van der Waals surface area (Å²) < 4.78 is 12.3. The molecule has 3 aliphatic heterocycles. The number of halogens is 1. The van der Waals surface area contributed by atoms with E-state index in [1.807, 2.05) is 78.4 Å². The van der Waals surface area contributed by atoms with Gasteiger partial charge in [-0.1, -0.05) is 54.1 Å². The topological polar surface area (TPSA) is 69.6 Å². The van der Waals surface area contributed by atoms with Gasteiger partial charge < -0.3 is 14.8 Å². The van der Waals surface area contributed by atoms with Gasteiger partial charge in [-0.3, -0.25) is 14.6 Å². The van der Waals surface area contributed by atoms with Crippen molar-refractivity contribution in [2.45, 2.75) is 57.6 Å². The van der Waals surface area contributed by atoms with E-state index in [1.54, 1.807) is 0 Å². The molecule has 42 heavy (non-hydrogen) atoms. The van der Waals surface area contributed by atoms with Gasteiger partial charge in [-0.25, -0.2) is 5.01 Å². The van der Waals surface area contributed by atoms with Gasteiger partial charge in [-0.05, 0) is 75.1 Å². The Kier molecular flexibility index (Phi) is 8.65. The summed E-state index contributed by atoms with van der Waals surface area (Å²) in [5, 5.41) is 10.5. The van der Waals surface area contributed by atoms with E-state index in [0.29, 0.717) is 28.7 Å². The van der Waals surface area contributed by atoms with Crippen molar-refractivity contribution in [1.29, 1.82) is 0 Å². The van der Waals surface area contributed by atoms with Crippen LogP contribution in [0.5, 0.6) is 5.75 Å². The summed E-state index contributed by atoms with van der Waals surface area (Å²) in [7, 11) is 0. The fourth-order valence-corrected chi connectivity index (χ4v) is 6.23. The molecule has 3 unspecified atom stereocenters. The maximum absolute atomic E-state index is 13.1. The summed E-state index contributed by atoms with van der Waals surface area (Å²) in [5.41, 5.74) is 2.95. The lowest BCUT2D eigenvalue weighted by atomic mass is 10.1. The largest absolute Gasteiger partial charge is 0.450 e. The Hall–Kier alpha value is -3.59. The van der Waals surface area contributed by atoms with Crippen LogP contribution in [-0.2, 0) is 16.0 Å². The summed E-state index contributed by atoms with van der Waals surface area (Å²) in [6.45, 7) is 6.71. The van der Waals surface area contributed by atoms with Gasteiger partial charge in [0.1, 0.15) is 12.3 Å². The van der Waals surface area contributed by atoms with Gasteiger partial charge in [0.25, 0.3) is 6.35 Å². The molecule has 2 fully saturated rings. The van der Waals surface area contributed by atoms with Gasteiger partial charge in [0, 0.05) is 35.3 Å². The van der Waals surface area contributed by atoms with Crippen molar-refractivity contribution < 1.29 is 14.3 Å². The number of rotatable bonds is 10. The van der Waals surface area contributed by atoms with Crippen molar-refractivity contribution in [2.75, 3.05) is 31.3 Å². The van der Waals surface area contributed by atoms with Crippen molar-refractivity contribution in [3.05, 3.63) is 95.0 Å². The molecule has 2 bridgehead atoms. The number of nitrogens with one attached hydrogen (secondary N) is 1. The number of morpholine rings is 1. The molecule has 1 amide bonds. The summed E-state index contributed by atoms with van der Waals surface area (Å²) in [6.07, 6.45) is 2.77. The molecule has 1 N–H and O–H groups in total. The second-order valence-electron chi connectivity index (χ2n) is 11.5. The smallest absolute Gasteiger partial charge is 0.274 e. The zero-order valence-electron chi connectivity index (χ0n) is 24.2. The van der Waals surface area contributed by atoms with Crippen LogP contribution in [0.25, 0.3) is 0 Å². The number of nitrogens with zero attached hydrogens (tertiary/aromatic N) is 4. The van der Waals surface area contributed by atoms with E-state index in [1.165, 1.54) is 18.4 Å². The molecular formula is C33H38ClN5O3. The SMILES string of the molecule is CC(C)NC(=O)CN1C(c2cccc(Cl)c2)=NN(c2ccc(CCN3C4CCC3COC4)cc2)C1Oc1ccccc1. The van der Waals surface area contributed by atoms with Gasteiger partial charge in [0.15, 0.2) is 5.84 Å². The van der Waals surface area contributed by atoms with Gasteiger partial charge >= 0.3 is 0 Å². The number of fused-ring (bicyclic) bond motifs is 2. The molecule has 220 valence electrons. The Morgan fingerprint density at radius 3 is 2.45 bits per heavy atom. The van der Waals surface area contributed by atoms with E-state index in [0.717, 1.165) is 37.4 Å². The van der Waals surface area contributed by atoms with Crippen LogP contribution in [-0.4, -0.2) is 72.3 Å². The number of para-hydroxylation sites is 1. The highest BCUT2D eigenvalue weighted by molar-refractivity contribution is 6.31. The third-order valence-electron chi connectivity index (χ3n) is 8.03. The Morgan fingerprint density at radius 2 is 1.76 bits per heavy atom. The van der Waals surface area contributed by atoms with Crippen molar-refractivity contribution in [3.8, 4) is 5.75 Å². The minimum absolute atomic E-state index is 0.0106. The molecule has 8 nitrogen and oxygen atoms in total. The number of carbonyl (C=O) groups is 1. The number of anilines is 1. The summed E-state index contributed by atoms with van der Waals surface area (Å²) in [5.74, 6) is 1.18. The Morgan fingerprint density at radius 1 is 1.02 bits per heavy atom. The quantitative estimate of drug-likeness (QED) is 0.355. The fraction of sp³-hybridized carbons (Fsp3) is 0.394. The maximum atomic E-state index is 13.1. The molecule has 3 atom stereocenters. The van der Waals surface area contributed by atoms with Crippen LogP contribution in [0.1, 0.15) is 37.8 Å². The van der Waals surface area contributed by atoms with Gasteiger partial charge in [0.2, 0.25) is 5.91 Å². The van der Waals surface area contributed by atoms with Crippen LogP contribution in [0.15, 0.2) is 84.0 Å². The lowest BCUT2D eigenvalue weighted by molar-refractivity contribution is -0.123. The van der Waals surface area contributed by atoms with Crippen molar-refractivity contribution in [3.63, 3.8) is 0 Å². The zero-order chi connectivity index (χ0) is 29.1. The molecule has 3 aromatic carbocycles. The number of hydrazone groups is 1. The van der Waals surface area contributed by atoms with Crippen molar-refractivity contribution >= 4 is 29.0 Å². The number of benzene rings is 3. The molecule has 0 saturated carbocycles. The molecule has 0 aliphatic carbocycles. The van der Waals surface area contributed by atoms with E-state index >= 15 is 0 Å². The van der Waals surface area contributed by atoms with Crippen LogP contribution in [0.3, 0.4) is 0 Å². The molecule has 0 radical (unpaired) electrons. The van der Waals surface area contributed by atoms with Gasteiger partial charge in [-0.2, -0.15) is 0 Å². The third kappa shape index (κ3) is 6.41. The fourth-order valence-electron chi connectivity index (χ4n) is 6.04. The molecule has 0 spiro atoms. The molecule has 3 aliphatic rings. The minimum Gasteiger partial charge on any atom is -0.450 e. The van der Waals surface area contributed by atoms with Gasteiger partial charge in [0.05, 0.1) is 18.9 Å². The molecule has 9 heteroatoms. The van der Waals surface area contributed by atoms with Crippen molar-refractivity contribution in [2.24, 2.45) is 5.10 Å². The number of hydrogen-bond acceptors (Lipinski definition) is 7. The summed E-state index contributed by atoms with van der Waals surface area (Å²) in [6, 6.07) is 26.8. The Balaban J connectivity index is 1.28. The van der Waals surface area contributed by atoms with Crippen molar-refractivity contribution in [1.82, 2.24) is 15.1 Å². The highest BCUT2D eigenvalue weighted by Crippen LogP contribution is 2.32. The first-order valence-corrected chi connectivity index (χ1v) is 15.2. The molecule has 2 saturated heterocycles. The zero-order valence-corrected chi connectivity index (χ0v) is 24.9. The highest BCUT2D eigenvalue weighted by atomic mass is 35.5. The predicted octanol–water partition coefficient (Wildman–Crippen LogP) is 5.12. The van der Waals surface area contributed by atoms with Crippen LogP contribution in [0.4, 0.5) is 5.69 Å². The number of amidine groups is 1. The molecule has 6 rings (SSSR count). The predicted molar refractivity (Wildman–Crippen MR) is 166 cm³/mol. The standard InChI is InChI=1S/C33H38ClN5O3/c1-23(2)35-31(40)20-38-32(25-7-6-8-26(34)19-25)36-39(33(38)42-30-9-4-3-5-10-30)27-13-11-24(12-14-27)17-18-37-28-15-16-29(37)22-41-21-28/h3-14,19,23,28-29,33H,15-18,20-22H2,1-2H3,(H,35,40). The van der Waals surface area contributed by atoms with E-state index in [9.17, 15) is 4.79 Å². The van der Waals surface area contributed by atoms with E-state index in [2.05, 4.69) is 34.5 Å². The van der Waals surface area contributed by atoms with Crippen LogP contribution >= 0.6 is 11.6 Å². The lowest BCUT2D eigenvalue weighted by Crippen LogP contribution is -2.51. The third-order valence-corrected chi connectivity index (χ3v) is 8.27. The van der Waals surface area contributed by atoms with Crippen LogP contribution in [0.2, 0.25) is 5.02 Å². The van der Waals surface area contributed by atoms with Crippen LogP contribution < -0.4 is 15.1 Å². The van der Waals surface area contributed by atoms with Crippen LogP contribution in [0, 0.1) is 0 Å². The number of carbonyl (C=O) groups excluding carboxylic acids is 1. The first kappa shape index (κ1) is 28.5. The van der Waals surface area contributed by atoms with Gasteiger partial charge in [-0.15, -0.1) is 5.10 Å². The molecule has 3 heterocycles. The van der Waals surface area contributed by atoms with E-state index in [4.69, 9.17) is 26.2 Å². The molecule has 3 aromatic rings. The maximum Gasteiger partial charge on any atom is 0.274 e. The minimum atomic E-state index is -0.686. The Bertz CT molecular complexity index is 1380. The monoisotopic (exact) mass is 587 g/mol.